The molecular weight excluding hydrogens is 324 g/mol. The predicted octanol–water partition coefficient (Wildman–Crippen LogP) is 3.87. The minimum atomic E-state index is 0.323. The number of aromatic hydroxyl groups is 1. The average Bonchev–Trinajstić information content (AvgIpc) is 2.66. The highest BCUT2D eigenvalue weighted by Gasteiger charge is 2.11. The number of hydrogen-bond donors (Lipinski definition) is 3. The van der Waals surface area contributed by atoms with Gasteiger partial charge in [0.2, 0.25) is 6.41 Å². The molecule has 2 aromatic carbocycles. The number of carbonyl (C=O) groups is 1. The summed E-state index contributed by atoms with van der Waals surface area (Å²) in [7, 11) is 0. The number of allylic oxidation sites excluding steroid dienone is 1. The maximum absolute atomic E-state index is 10.5. The Kier molecular flexibility index (Phi) is 7.90. The maximum atomic E-state index is 10.5. The standard InChI is InChI=1S/C22H28N2O2/c1-17-9-10-18(14-22(17)26)5-2-3-7-20(11-12-24-16-25)21-8-4-6-19(13-21)15-23/h2,4-6,8-10,13-14,16,20,26H,3,7,11-12,15,23H2,1H3,(H,24,25)/b5-2+. The maximum Gasteiger partial charge on any atom is 0.207 e. The smallest absolute Gasteiger partial charge is 0.207 e. The van der Waals surface area contributed by atoms with E-state index in [4.69, 9.17) is 5.73 Å². The minimum absolute atomic E-state index is 0.323. The van der Waals surface area contributed by atoms with E-state index in [0.717, 1.165) is 42.4 Å². The van der Waals surface area contributed by atoms with Crippen LogP contribution in [0, 0.1) is 6.92 Å². The number of phenolic OH excluding ortho intramolecular Hbond substituents is 1. The number of nitrogens with one attached hydrogen (secondary N) is 1. The fourth-order valence-corrected chi connectivity index (χ4v) is 3.02. The Labute approximate surface area is 155 Å². The van der Waals surface area contributed by atoms with Crippen molar-refractivity contribution in [1.82, 2.24) is 5.32 Å². The molecule has 138 valence electrons. The highest BCUT2D eigenvalue weighted by molar-refractivity contribution is 5.53. The van der Waals surface area contributed by atoms with Crippen LogP contribution in [0.2, 0.25) is 0 Å². The van der Waals surface area contributed by atoms with Gasteiger partial charge in [0.15, 0.2) is 0 Å². The molecule has 0 aliphatic heterocycles. The highest BCUT2D eigenvalue weighted by atomic mass is 16.3. The first-order valence-electron chi connectivity index (χ1n) is 9.06. The molecule has 0 heterocycles. The molecule has 1 amide bonds. The fourth-order valence-electron chi connectivity index (χ4n) is 3.02. The molecule has 0 aliphatic rings. The largest absolute Gasteiger partial charge is 0.508 e. The van der Waals surface area contributed by atoms with Crippen LogP contribution in [0.25, 0.3) is 6.08 Å². The third-order valence-corrected chi connectivity index (χ3v) is 4.60. The molecule has 0 saturated heterocycles. The predicted molar refractivity (Wildman–Crippen MR) is 107 cm³/mol. The molecule has 0 bridgehead atoms. The molecule has 0 aliphatic carbocycles. The normalized spacial score (nSPS) is 12.2. The van der Waals surface area contributed by atoms with Gasteiger partial charge in [-0.1, -0.05) is 48.6 Å². The van der Waals surface area contributed by atoms with Crippen LogP contribution < -0.4 is 11.1 Å². The number of amides is 1. The highest BCUT2D eigenvalue weighted by Crippen LogP contribution is 2.26. The van der Waals surface area contributed by atoms with Gasteiger partial charge in [-0.15, -0.1) is 0 Å². The summed E-state index contributed by atoms with van der Waals surface area (Å²) in [5.41, 5.74) is 10.0. The van der Waals surface area contributed by atoms with E-state index in [2.05, 4.69) is 23.5 Å². The summed E-state index contributed by atoms with van der Waals surface area (Å²) < 4.78 is 0. The summed E-state index contributed by atoms with van der Waals surface area (Å²) in [4.78, 5) is 10.5. The van der Waals surface area contributed by atoms with Gasteiger partial charge >= 0.3 is 0 Å². The first kappa shape index (κ1) is 19.7. The zero-order valence-corrected chi connectivity index (χ0v) is 15.3. The van der Waals surface area contributed by atoms with Gasteiger partial charge in [-0.05, 0) is 60.4 Å². The van der Waals surface area contributed by atoms with Crippen LogP contribution in [0.3, 0.4) is 0 Å². The zero-order valence-electron chi connectivity index (χ0n) is 15.3. The third-order valence-electron chi connectivity index (χ3n) is 4.60. The number of hydrogen-bond acceptors (Lipinski definition) is 3. The van der Waals surface area contributed by atoms with Crippen molar-refractivity contribution in [3.05, 3.63) is 70.8 Å². The van der Waals surface area contributed by atoms with Crippen LogP contribution in [0.4, 0.5) is 0 Å². The van der Waals surface area contributed by atoms with Crippen LogP contribution in [0.1, 0.15) is 47.4 Å². The second-order valence-electron chi connectivity index (χ2n) is 6.53. The number of rotatable bonds is 10. The lowest BCUT2D eigenvalue weighted by Crippen LogP contribution is -2.15. The molecule has 0 aromatic heterocycles. The summed E-state index contributed by atoms with van der Waals surface area (Å²) in [6.07, 6.45) is 7.73. The lowest BCUT2D eigenvalue weighted by molar-refractivity contribution is -0.109. The van der Waals surface area contributed by atoms with Crippen molar-refractivity contribution >= 4 is 12.5 Å². The second kappa shape index (κ2) is 10.4. The zero-order chi connectivity index (χ0) is 18.8. The van der Waals surface area contributed by atoms with E-state index in [9.17, 15) is 9.90 Å². The van der Waals surface area contributed by atoms with Gasteiger partial charge in [-0.2, -0.15) is 0 Å². The Morgan fingerprint density at radius 1 is 1.19 bits per heavy atom. The molecule has 1 unspecified atom stereocenters. The number of aryl methyl sites for hydroxylation is 1. The first-order chi connectivity index (χ1) is 12.6. The second-order valence-corrected chi connectivity index (χ2v) is 6.53. The average molecular weight is 352 g/mol. The molecular formula is C22H28N2O2. The van der Waals surface area contributed by atoms with E-state index < -0.39 is 0 Å². The first-order valence-corrected chi connectivity index (χ1v) is 9.06. The molecule has 4 heteroatoms. The molecule has 2 aromatic rings. The third kappa shape index (κ3) is 6.05. The molecule has 1 atom stereocenters. The van der Waals surface area contributed by atoms with Gasteiger partial charge < -0.3 is 16.2 Å². The van der Waals surface area contributed by atoms with Crippen LogP contribution in [-0.2, 0) is 11.3 Å². The number of carbonyl (C=O) groups excluding carboxylic acids is 1. The van der Waals surface area contributed by atoms with Crippen LogP contribution in [-0.4, -0.2) is 18.1 Å². The van der Waals surface area contributed by atoms with Crippen molar-refractivity contribution in [3.8, 4) is 5.75 Å². The van der Waals surface area contributed by atoms with Gasteiger partial charge in [-0.25, -0.2) is 0 Å². The quantitative estimate of drug-likeness (QED) is 0.449. The van der Waals surface area contributed by atoms with Gasteiger partial charge in [0, 0.05) is 13.1 Å². The van der Waals surface area contributed by atoms with E-state index in [1.54, 1.807) is 6.07 Å². The van der Waals surface area contributed by atoms with Gasteiger partial charge in [0.05, 0.1) is 0 Å². The molecule has 4 nitrogen and oxygen atoms in total. The van der Waals surface area contributed by atoms with Crippen LogP contribution in [0.15, 0.2) is 48.5 Å². The SMILES string of the molecule is Cc1ccc(/C=C/CCC(CCNC=O)c2cccc(CN)c2)cc1O. The van der Waals surface area contributed by atoms with E-state index in [1.165, 1.54) is 5.56 Å². The molecule has 4 N–H and O–H groups in total. The minimum Gasteiger partial charge on any atom is -0.508 e. The summed E-state index contributed by atoms with van der Waals surface area (Å²) in [6.45, 7) is 3.08. The summed E-state index contributed by atoms with van der Waals surface area (Å²) in [6, 6.07) is 14.1. The molecule has 2 rings (SSSR count). The lowest BCUT2D eigenvalue weighted by Gasteiger charge is -2.17. The van der Waals surface area contributed by atoms with Gasteiger partial charge in [-0.3, -0.25) is 4.79 Å². The van der Waals surface area contributed by atoms with E-state index in [1.807, 2.05) is 37.3 Å². The van der Waals surface area contributed by atoms with E-state index in [-0.39, 0.29) is 0 Å². The van der Waals surface area contributed by atoms with Crippen LogP contribution >= 0.6 is 0 Å². The van der Waals surface area contributed by atoms with Crippen molar-refractivity contribution in [2.24, 2.45) is 5.73 Å². The Hall–Kier alpha value is -2.59. The Morgan fingerprint density at radius 3 is 2.77 bits per heavy atom. The van der Waals surface area contributed by atoms with Crippen molar-refractivity contribution < 1.29 is 9.90 Å². The van der Waals surface area contributed by atoms with Crippen molar-refractivity contribution in [3.63, 3.8) is 0 Å². The van der Waals surface area contributed by atoms with E-state index in [0.29, 0.717) is 24.8 Å². The summed E-state index contributed by atoms with van der Waals surface area (Å²) in [5, 5.41) is 12.5. The number of benzene rings is 2. The molecule has 0 fully saturated rings. The van der Waals surface area contributed by atoms with Crippen molar-refractivity contribution in [2.45, 2.75) is 38.6 Å². The van der Waals surface area contributed by atoms with Crippen molar-refractivity contribution in [2.75, 3.05) is 6.54 Å². The number of phenols is 1. The Morgan fingerprint density at radius 2 is 2.04 bits per heavy atom. The topological polar surface area (TPSA) is 75.4 Å². The van der Waals surface area contributed by atoms with Gasteiger partial charge in [0.25, 0.3) is 0 Å². The molecule has 0 spiro atoms. The molecule has 0 saturated carbocycles. The Balaban J connectivity index is 2.00. The van der Waals surface area contributed by atoms with Gasteiger partial charge in [0.1, 0.15) is 5.75 Å². The van der Waals surface area contributed by atoms with Crippen molar-refractivity contribution in [1.29, 1.82) is 0 Å². The molecule has 0 radical (unpaired) electrons. The van der Waals surface area contributed by atoms with E-state index >= 15 is 0 Å². The van der Waals surface area contributed by atoms with Crippen LogP contribution in [0.5, 0.6) is 5.75 Å². The number of nitrogens with two attached hydrogens (primary N) is 1. The molecule has 26 heavy (non-hydrogen) atoms. The Bertz CT molecular complexity index is 741. The monoisotopic (exact) mass is 352 g/mol. The lowest BCUT2D eigenvalue weighted by atomic mass is 9.90. The fraction of sp³-hybridized carbons (Fsp3) is 0.318. The summed E-state index contributed by atoms with van der Waals surface area (Å²) >= 11 is 0. The summed E-state index contributed by atoms with van der Waals surface area (Å²) in [5.74, 6) is 0.689.